The van der Waals surface area contributed by atoms with Crippen LogP contribution in [0.25, 0.3) is 0 Å². The van der Waals surface area contributed by atoms with Gasteiger partial charge in [0.15, 0.2) is 5.78 Å². The summed E-state index contributed by atoms with van der Waals surface area (Å²) in [6.07, 6.45) is 2.61. The van der Waals surface area contributed by atoms with Gasteiger partial charge in [-0.1, -0.05) is 12.1 Å². The number of rotatable bonds is 6. The number of nitrogens with two attached hydrogens (primary N) is 1. The molecule has 1 aromatic carbocycles. The van der Waals surface area contributed by atoms with E-state index < -0.39 is 6.04 Å². The van der Waals surface area contributed by atoms with Crippen LogP contribution in [0.1, 0.15) is 23.7 Å². The smallest absolute Gasteiger partial charge is 0.241 e. The first-order valence-corrected chi connectivity index (χ1v) is 7.10. The summed E-state index contributed by atoms with van der Waals surface area (Å²) < 4.78 is 0. The second-order valence-electron chi connectivity index (χ2n) is 4.01. The van der Waals surface area contributed by atoms with Gasteiger partial charge < -0.3 is 11.1 Å². The predicted octanol–water partition coefficient (Wildman–Crippen LogP) is 2.33. The van der Waals surface area contributed by atoms with E-state index in [1.165, 1.54) is 6.92 Å². The molecule has 0 aliphatic rings. The van der Waals surface area contributed by atoms with Gasteiger partial charge >= 0.3 is 0 Å². The standard InChI is InChI=1S/C13H18N2O2S.ClH/c1-9(16)10-4-3-5-11(8-10)15-13(17)12(14)6-7-18-2;/h3-5,8,12H,6-7,14H2,1-2H3,(H,15,17);1H/t12-;/m0./s1. The molecule has 1 rings (SSSR count). The highest BCUT2D eigenvalue weighted by Crippen LogP contribution is 2.12. The number of nitrogens with one attached hydrogen (secondary N) is 1. The van der Waals surface area contributed by atoms with Crippen LogP contribution in [0.15, 0.2) is 24.3 Å². The molecule has 106 valence electrons. The highest BCUT2D eigenvalue weighted by atomic mass is 35.5. The summed E-state index contributed by atoms with van der Waals surface area (Å²) in [6, 6.07) is 6.33. The molecule has 0 aromatic heterocycles. The van der Waals surface area contributed by atoms with Crippen molar-refractivity contribution in [3.8, 4) is 0 Å². The monoisotopic (exact) mass is 302 g/mol. The second-order valence-corrected chi connectivity index (χ2v) is 5.00. The number of thioether (sulfide) groups is 1. The van der Waals surface area contributed by atoms with Gasteiger partial charge in [0.2, 0.25) is 5.91 Å². The van der Waals surface area contributed by atoms with Gasteiger partial charge in [-0.3, -0.25) is 9.59 Å². The summed E-state index contributed by atoms with van der Waals surface area (Å²) in [7, 11) is 0. The SMILES string of the molecule is CSCC[C@H](N)C(=O)Nc1cccc(C(C)=O)c1.Cl. The molecular weight excluding hydrogens is 284 g/mol. The molecule has 0 fully saturated rings. The maximum absolute atomic E-state index is 11.8. The molecule has 0 saturated heterocycles. The minimum atomic E-state index is -0.515. The van der Waals surface area contributed by atoms with Crippen LogP contribution in [0.5, 0.6) is 0 Å². The van der Waals surface area contributed by atoms with Gasteiger partial charge in [-0.15, -0.1) is 12.4 Å². The lowest BCUT2D eigenvalue weighted by Crippen LogP contribution is -2.36. The largest absolute Gasteiger partial charge is 0.325 e. The number of halogens is 1. The van der Waals surface area contributed by atoms with Crippen LogP contribution in [-0.2, 0) is 4.79 Å². The Morgan fingerprint density at radius 1 is 1.42 bits per heavy atom. The topological polar surface area (TPSA) is 72.2 Å². The quantitative estimate of drug-likeness (QED) is 0.791. The number of carbonyl (C=O) groups is 2. The Bertz CT molecular complexity index is 440. The van der Waals surface area contributed by atoms with Crippen LogP contribution in [0, 0.1) is 0 Å². The Hall–Kier alpha value is -1.04. The third-order valence-electron chi connectivity index (χ3n) is 2.51. The van der Waals surface area contributed by atoms with Crippen molar-refractivity contribution in [2.75, 3.05) is 17.3 Å². The summed E-state index contributed by atoms with van der Waals surface area (Å²) in [5.41, 5.74) is 6.94. The van der Waals surface area contributed by atoms with E-state index in [0.29, 0.717) is 17.7 Å². The van der Waals surface area contributed by atoms with E-state index in [-0.39, 0.29) is 24.1 Å². The van der Waals surface area contributed by atoms with Crippen molar-refractivity contribution in [2.24, 2.45) is 5.73 Å². The molecule has 0 unspecified atom stereocenters. The van der Waals surface area contributed by atoms with Crippen molar-refractivity contribution in [3.63, 3.8) is 0 Å². The average molecular weight is 303 g/mol. The van der Waals surface area contributed by atoms with Gasteiger partial charge in [0.25, 0.3) is 0 Å². The Balaban J connectivity index is 0.00000324. The number of benzene rings is 1. The van der Waals surface area contributed by atoms with Crippen molar-refractivity contribution in [3.05, 3.63) is 29.8 Å². The van der Waals surface area contributed by atoms with Crippen molar-refractivity contribution >= 4 is 41.5 Å². The van der Waals surface area contributed by atoms with Gasteiger partial charge in [0.05, 0.1) is 6.04 Å². The van der Waals surface area contributed by atoms with Crippen molar-refractivity contribution in [2.45, 2.75) is 19.4 Å². The normalized spacial score (nSPS) is 11.3. The molecule has 6 heteroatoms. The van der Waals surface area contributed by atoms with E-state index >= 15 is 0 Å². The average Bonchev–Trinajstić information content (AvgIpc) is 2.36. The highest BCUT2D eigenvalue weighted by molar-refractivity contribution is 7.98. The molecule has 0 heterocycles. The van der Waals surface area contributed by atoms with Gasteiger partial charge in [0.1, 0.15) is 0 Å². The summed E-state index contributed by atoms with van der Waals surface area (Å²) in [6.45, 7) is 1.49. The van der Waals surface area contributed by atoms with Crippen LogP contribution in [-0.4, -0.2) is 29.7 Å². The molecular formula is C13H19ClN2O2S. The van der Waals surface area contributed by atoms with E-state index in [1.54, 1.807) is 36.0 Å². The number of hydrogen-bond donors (Lipinski definition) is 2. The molecule has 0 spiro atoms. The molecule has 1 atom stereocenters. The fourth-order valence-corrected chi connectivity index (χ4v) is 1.92. The number of ketones is 1. The lowest BCUT2D eigenvalue weighted by molar-refractivity contribution is -0.117. The van der Waals surface area contributed by atoms with Gasteiger partial charge in [-0.2, -0.15) is 11.8 Å². The van der Waals surface area contributed by atoms with Gasteiger partial charge in [-0.25, -0.2) is 0 Å². The Kier molecular flexibility index (Phi) is 8.47. The Morgan fingerprint density at radius 3 is 2.68 bits per heavy atom. The first kappa shape index (κ1) is 18.0. The van der Waals surface area contributed by atoms with Gasteiger partial charge in [-0.05, 0) is 37.5 Å². The van der Waals surface area contributed by atoms with Gasteiger partial charge in [0, 0.05) is 11.3 Å². The first-order chi connectivity index (χ1) is 8.54. The van der Waals surface area contributed by atoms with Crippen molar-refractivity contribution in [1.82, 2.24) is 0 Å². The molecule has 1 amide bonds. The summed E-state index contributed by atoms with van der Waals surface area (Å²) >= 11 is 1.66. The molecule has 0 aliphatic heterocycles. The van der Waals surface area contributed by atoms with E-state index in [0.717, 1.165) is 5.75 Å². The van der Waals surface area contributed by atoms with E-state index in [2.05, 4.69) is 5.32 Å². The molecule has 0 bridgehead atoms. The zero-order chi connectivity index (χ0) is 13.5. The van der Waals surface area contributed by atoms with Crippen LogP contribution in [0.2, 0.25) is 0 Å². The Morgan fingerprint density at radius 2 is 2.11 bits per heavy atom. The molecule has 3 N–H and O–H groups in total. The third kappa shape index (κ3) is 6.09. The Labute approximate surface area is 123 Å². The number of carbonyl (C=O) groups excluding carboxylic acids is 2. The second kappa shape index (κ2) is 8.96. The minimum Gasteiger partial charge on any atom is -0.325 e. The zero-order valence-electron chi connectivity index (χ0n) is 11.0. The summed E-state index contributed by atoms with van der Waals surface area (Å²) in [4.78, 5) is 23.0. The lowest BCUT2D eigenvalue weighted by atomic mass is 10.1. The maximum atomic E-state index is 11.8. The fourth-order valence-electron chi connectivity index (χ4n) is 1.43. The molecule has 1 aromatic rings. The van der Waals surface area contributed by atoms with Crippen molar-refractivity contribution < 1.29 is 9.59 Å². The number of amides is 1. The first-order valence-electron chi connectivity index (χ1n) is 5.71. The van der Waals surface area contributed by atoms with E-state index in [9.17, 15) is 9.59 Å². The van der Waals surface area contributed by atoms with Crippen LogP contribution in [0.4, 0.5) is 5.69 Å². The molecule has 0 aliphatic carbocycles. The maximum Gasteiger partial charge on any atom is 0.241 e. The minimum absolute atomic E-state index is 0. The molecule has 19 heavy (non-hydrogen) atoms. The van der Waals surface area contributed by atoms with Crippen LogP contribution < -0.4 is 11.1 Å². The fraction of sp³-hybridized carbons (Fsp3) is 0.385. The van der Waals surface area contributed by atoms with E-state index in [4.69, 9.17) is 5.73 Å². The predicted molar refractivity (Wildman–Crippen MR) is 83.3 cm³/mol. The lowest BCUT2D eigenvalue weighted by Gasteiger charge is -2.12. The number of anilines is 1. The summed E-state index contributed by atoms with van der Waals surface area (Å²) in [5.74, 6) is 0.602. The zero-order valence-corrected chi connectivity index (χ0v) is 12.6. The molecule has 4 nitrogen and oxygen atoms in total. The summed E-state index contributed by atoms with van der Waals surface area (Å²) in [5, 5.41) is 2.72. The number of hydrogen-bond acceptors (Lipinski definition) is 4. The van der Waals surface area contributed by atoms with Crippen molar-refractivity contribution in [1.29, 1.82) is 0 Å². The van der Waals surface area contributed by atoms with Crippen LogP contribution in [0.3, 0.4) is 0 Å². The van der Waals surface area contributed by atoms with Crippen LogP contribution >= 0.6 is 24.2 Å². The highest BCUT2D eigenvalue weighted by Gasteiger charge is 2.13. The number of Topliss-reactive ketones (excluding diaryl/α,β-unsaturated/α-hetero) is 1. The van der Waals surface area contributed by atoms with E-state index in [1.807, 2.05) is 6.26 Å². The molecule has 0 saturated carbocycles. The third-order valence-corrected chi connectivity index (χ3v) is 3.15. The molecule has 0 radical (unpaired) electrons.